The molecule has 0 aromatic carbocycles. The zero-order valence-corrected chi connectivity index (χ0v) is 13.5. The lowest BCUT2D eigenvalue weighted by molar-refractivity contribution is -0.139. The largest absolute Gasteiger partial charge is 0.462 e. The zero-order valence-electron chi connectivity index (χ0n) is 12.5. The first-order valence-electron chi connectivity index (χ1n) is 6.71. The highest BCUT2D eigenvalue weighted by Gasteiger charge is 2.24. The Bertz CT molecular complexity index is 264. The molecule has 1 saturated heterocycles. The van der Waals surface area contributed by atoms with Crippen LogP contribution in [0.3, 0.4) is 0 Å². The number of esters is 1. The molecule has 0 bridgehead atoms. The van der Waals surface area contributed by atoms with Crippen LogP contribution >= 0.6 is 0 Å². The average molecular weight is 272 g/mol. The van der Waals surface area contributed by atoms with Crippen LogP contribution in [0.2, 0.25) is 19.1 Å². The van der Waals surface area contributed by atoms with Gasteiger partial charge in [0.15, 0.2) is 8.32 Å². The van der Waals surface area contributed by atoms with E-state index in [0.29, 0.717) is 18.1 Å². The second-order valence-corrected chi connectivity index (χ2v) is 10.1. The van der Waals surface area contributed by atoms with E-state index in [9.17, 15) is 4.79 Å². The number of hydrogen-bond donors (Lipinski definition) is 0. The monoisotopic (exact) mass is 272 g/mol. The minimum absolute atomic E-state index is 0.297. The summed E-state index contributed by atoms with van der Waals surface area (Å²) in [4.78, 5) is 10.7. The van der Waals surface area contributed by atoms with Gasteiger partial charge in [0.2, 0.25) is 0 Å². The summed E-state index contributed by atoms with van der Waals surface area (Å²) < 4.78 is 10.4. The summed E-state index contributed by atoms with van der Waals surface area (Å²) in [5.74, 6) is 0.0944. The lowest BCUT2D eigenvalue weighted by Crippen LogP contribution is -2.33. The topological polar surface area (TPSA) is 35.5 Å². The first-order chi connectivity index (χ1) is 8.24. The SMILES string of the molecule is C=C(C)C(=O)OCC(C)C.C[Si]1(C)CCCCO1. The summed E-state index contributed by atoms with van der Waals surface area (Å²) in [6.45, 7) is 15.2. The fourth-order valence-electron chi connectivity index (χ4n) is 1.44. The van der Waals surface area contributed by atoms with Crippen LogP contribution in [0, 0.1) is 5.92 Å². The Morgan fingerprint density at radius 3 is 2.28 bits per heavy atom. The van der Waals surface area contributed by atoms with Crippen LogP contribution < -0.4 is 0 Å². The summed E-state index contributed by atoms with van der Waals surface area (Å²) >= 11 is 0. The van der Waals surface area contributed by atoms with Crippen molar-refractivity contribution in [2.24, 2.45) is 5.92 Å². The minimum atomic E-state index is -1.09. The van der Waals surface area contributed by atoms with Crippen LogP contribution in [0.4, 0.5) is 0 Å². The molecule has 0 aromatic rings. The number of ether oxygens (including phenoxy) is 1. The van der Waals surface area contributed by atoms with E-state index in [1.54, 1.807) is 6.92 Å². The summed E-state index contributed by atoms with van der Waals surface area (Å²) in [6, 6.07) is 1.37. The maximum atomic E-state index is 10.7. The van der Waals surface area contributed by atoms with Crippen molar-refractivity contribution in [1.82, 2.24) is 0 Å². The van der Waals surface area contributed by atoms with Crippen LogP contribution in [-0.4, -0.2) is 27.5 Å². The molecule has 18 heavy (non-hydrogen) atoms. The Kier molecular flexibility index (Phi) is 8.19. The van der Waals surface area contributed by atoms with Gasteiger partial charge in [0.25, 0.3) is 0 Å². The molecule has 0 saturated carbocycles. The number of rotatable bonds is 3. The van der Waals surface area contributed by atoms with Crippen molar-refractivity contribution in [3.8, 4) is 0 Å². The minimum Gasteiger partial charge on any atom is -0.462 e. The maximum absolute atomic E-state index is 10.7. The summed E-state index contributed by atoms with van der Waals surface area (Å²) in [7, 11) is -1.09. The third-order valence-corrected chi connectivity index (χ3v) is 5.11. The van der Waals surface area contributed by atoms with Crippen molar-refractivity contribution in [3.63, 3.8) is 0 Å². The van der Waals surface area contributed by atoms with Gasteiger partial charge < -0.3 is 9.16 Å². The van der Waals surface area contributed by atoms with Gasteiger partial charge in [-0.05, 0) is 38.4 Å². The quantitative estimate of drug-likeness (QED) is 0.446. The van der Waals surface area contributed by atoms with Gasteiger partial charge in [-0.25, -0.2) is 4.79 Å². The second kappa shape index (κ2) is 8.48. The van der Waals surface area contributed by atoms with Crippen molar-refractivity contribution < 1.29 is 14.0 Å². The number of carbonyl (C=O) groups is 1. The molecular formula is C14H28O3Si. The highest BCUT2D eigenvalue weighted by atomic mass is 28.4. The van der Waals surface area contributed by atoms with E-state index in [-0.39, 0.29) is 5.97 Å². The molecule has 0 unspecified atom stereocenters. The van der Waals surface area contributed by atoms with Gasteiger partial charge in [-0.15, -0.1) is 0 Å². The average Bonchev–Trinajstić information content (AvgIpc) is 2.26. The van der Waals surface area contributed by atoms with Gasteiger partial charge in [-0.1, -0.05) is 26.8 Å². The fourth-order valence-corrected chi connectivity index (χ4v) is 3.38. The van der Waals surface area contributed by atoms with Gasteiger partial charge in [-0.2, -0.15) is 0 Å². The van der Waals surface area contributed by atoms with Crippen LogP contribution in [0.1, 0.15) is 33.6 Å². The van der Waals surface area contributed by atoms with Crippen molar-refractivity contribution in [3.05, 3.63) is 12.2 Å². The molecule has 0 radical (unpaired) electrons. The van der Waals surface area contributed by atoms with Gasteiger partial charge >= 0.3 is 5.97 Å². The Hall–Kier alpha value is -0.613. The molecule has 0 N–H and O–H groups in total. The predicted molar refractivity (Wildman–Crippen MR) is 78.1 cm³/mol. The molecule has 0 atom stereocenters. The first-order valence-corrected chi connectivity index (χ1v) is 9.83. The van der Waals surface area contributed by atoms with E-state index < -0.39 is 8.32 Å². The Morgan fingerprint density at radius 2 is 2.00 bits per heavy atom. The van der Waals surface area contributed by atoms with E-state index in [1.165, 1.54) is 18.9 Å². The normalized spacial score (nSPS) is 17.7. The molecular weight excluding hydrogens is 244 g/mol. The molecule has 0 spiro atoms. The molecule has 0 aliphatic carbocycles. The molecule has 1 aliphatic heterocycles. The fraction of sp³-hybridized carbons (Fsp3) is 0.786. The van der Waals surface area contributed by atoms with Crippen LogP contribution in [0.15, 0.2) is 12.2 Å². The van der Waals surface area contributed by atoms with Crippen LogP contribution in [0.5, 0.6) is 0 Å². The van der Waals surface area contributed by atoms with Crippen molar-refractivity contribution in [2.45, 2.75) is 52.8 Å². The van der Waals surface area contributed by atoms with Gasteiger partial charge in [0.1, 0.15) is 0 Å². The third kappa shape index (κ3) is 9.42. The van der Waals surface area contributed by atoms with Crippen molar-refractivity contribution in [2.75, 3.05) is 13.2 Å². The van der Waals surface area contributed by atoms with Crippen LogP contribution in [0.25, 0.3) is 0 Å². The molecule has 1 aliphatic rings. The molecule has 106 valence electrons. The maximum Gasteiger partial charge on any atom is 0.333 e. The van der Waals surface area contributed by atoms with E-state index in [4.69, 9.17) is 9.16 Å². The second-order valence-electron chi connectivity index (χ2n) is 5.84. The van der Waals surface area contributed by atoms with Crippen molar-refractivity contribution in [1.29, 1.82) is 0 Å². The van der Waals surface area contributed by atoms with E-state index in [0.717, 1.165) is 6.61 Å². The number of carbonyl (C=O) groups excluding carboxylic acids is 1. The van der Waals surface area contributed by atoms with Gasteiger partial charge in [0, 0.05) is 12.2 Å². The molecule has 3 nitrogen and oxygen atoms in total. The van der Waals surface area contributed by atoms with E-state index in [1.807, 2.05) is 13.8 Å². The predicted octanol–water partition coefficient (Wildman–Crippen LogP) is 3.76. The third-order valence-electron chi connectivity index (χ3n) is 2.56. The molecule has 1 fully saturated rings. The molecule has 1 rings (SSSR count). The lowest BCUT2D eigenvalue weighted by atomic mass is 10.2. The Morgan fingerprint density at radius 1 is 1.39 bits per heavy atom. The Balaban J connectivity index is 0.000000327. The summed E-state index contributed by atoms with van der Waals surface area (Å²) in [6.07, 6.45) is 2.69. The highest BCUT2D eigenvalue weighted by Crippen LogP contribution is 2.20. The smallest absolute Gasteiger partial charge is 0.333 e. The van der Waals surface area contributed by atoms with E-state index in [2.05, 4.69) is 19.7 Å². The lowest BCUT2D eigenvalue weighted by Gasteiger charge is -2.27. The molecule has 4 heteroatoms. The molecule has 1 heterocycles. The van der Waals surface area contributed by atoms with E-state index >= 15 is 0 Å². The highest BCUT2D eigenvalue weighted by molar-refractivity contribution is 6.71. The van der Waals surface area contributed by atoms with Gasteiger partial charge in [0.05, 0.1) is 6.61 Å². The molecule has 0 aromatic heterocycles. The summed E-state index contributed by atoms with van der Waals surface area (Å²) in [5, 5.41) is 0. The van der Waals surface area contributed by atoms with Gasteiger partial charge in [-0.3, -0.25) is 0 Å². The Labute approximate surface area is 113 Å². The number of hydrogen-bond acceptors (Lipinski definition) is 3. The summed E-state index contributed by atoms with van der Waals surface area (Å²) in [5.41, 5.74) is 0.459. The van der Waals surface area contributed by atoms with Crippen LogP contribution in [-0.2, 0) is 14.0 Å². The first kappa shape index (κ1) is 17.4. The standard InChI is InChI=1S/C8H14O2.C6H14OSi/c1-6(2)5-10-8(9)7(3)4;1-8(2)6-4-3-5-7-8/h6H,3,5H2,1-2,4H3;3-6H2,1-2H3. The zero-order chi connectivity index (χ0) is 14.2. The molecule has 0 amide bonds. The van der Waals surface area contributed by atoms with Crippen molar-refractivity contribution >= 4 is 14.3 Å².